The fourth-order valence-corrected chi connectivity index (χ4v) is 3.43. The molecular formula is C11H19NO2S2. The van der Waals surface area contributed by atoms with Crippen LogP contribution in [0.1, 0.15) is 31.7 Å². The third-order valence-electron chi connectivity index (χ3n) is 2.45. The van der Waals surface area contributed by atoms with Gasteiger partial charge in [-0.15, -0.1) is 11.3 Å². The van der Waals surface area contributed by atoms with Gasteiger partial charge in [-0.05, 0) is 25.3 Å². The van der Waals surface area contributed by atoms with Gasteiger partial charge in [0.25, 0.3) is 0 Å². The summed E-state index contributed by atoms with van der Waals surface area (Å²) in [4.78, 5) is 1.24. The maximum Gasteiger partial charge on any atom is 0.151 e. The summed E-state index contributed by atoms with van der Waals surface area (Å²) >= 11 is 1.68. The van der Waals surface area contributed by atoms with Gasteiger partial charge in [0.2, 0.25) is 0 Å². The van der Waals surface area contributed by atoms with E-state index in [1.807, 2.05) is 18.4 Å². The van der Waals surface area contributed by atoms with Crippen LogP contribution >= 0.6 is 11.3 Å². The summed E-state index contributed by atoms with van der Waals surface area (Å²) in [5.41, 5.74) is 0. The molecule has 0 aliphatic carbocycles. The zero-order valence-electron chi connectivity index (χ0n) is 9.93. The Labute approximate surface area is 102 Å². The van der Waals surface area contributed by atoms with Crippen LogP contribution < -0.4 is 5.32 Å². The fraction of sp³-hybridized carbons (Fsp3) is 0.636. The number of hydrogen-bond donors (Lipinski definition) is 1. The van der Waals surface area contributed by atoms with Crippen LogP contribution in [0.2, 0.25) is 0 Å². The van der Waals surface area contributed by atoms with Crippen molar-refractivity contribution in [2.24, 2.45) is 0 Å². The van der Waals surface area contributed by atoms with Crippen molar-refractivity contribution >= 4 is 21.2 Å². The molecule has 0 bridgehead atoms. The lowest BCUT2D eigenvalue weighted by molar-refractivity contribution is 0.504. The van der Waals surface area contributed by atoms with Crippen LogP contribution in [-0.2, 0) is 9.84 Å². The molecule has 0 spiro atoms. The number of rotatable bonds is 6. The Bertz CT molecular complexity index is 398. The molecule has 5 heteroatoms. The lowest BCUT2D eigenvalue weighted by atomic mass is 10.2. The third-order valence-corrected chi connectivity index (χ3v) is 5.39. The molecule has 1 aromatic heterocycles. The SMILES string of the molecule is CCS(=O)(=O)CC(C)N[C@@H](C)c1cccs1. The summed E-state index contributed by atoms with van der Waals surface area (Å²) in [6.07, 6.45) is 0. The van der Waals surface area contributed by atoms with E-state index in [0.29, 0.717) is 0 Å². The van der Waals surface area contributed by atoms with Crippen molar-refractivity contribution in [1.82, 2.24) is 5.32 Å². The molecule has 16 heavy (non-hydrogen) atoms. The first-order valence-electron chi connectivity index (χ1n) is 5.44. The van der Waals surface area contributed by atoms with E-state index in [9.17, 15) is 8.42 Å². The molecule has 0 saturated carbocycles. The minimum atomic E-state index is -2.89. The van der Waals surface area contributed by atoms with Gasteiger partial charge in [-0.2, -0.15) is 0 Å². The predicted molar refractivity (Wildman–Crippen MR) is 69.7 cm³/mol. The van der Waals surface area contributed by atoms with Gasteiger partial charge < -0.3 is 5.32 Å². The zero-order valence-corrected chi connectivity index (χ0v) is 11.6. The molecule has 0 aliphatic rings. The highest BCUT2D eigenvalue weighted by molar-refractivity contribution is 7.91. The van der Waals surface area contributed by atoms with Gasteiger partial charge in [-0.25, -0.2) is 8.42 Å². The van der Waals surface area contributed by atoms with Crippen LogP contribution in [0.3, 0.4) is 0 Å². The molecule has 92 valence electrons. The Hall–Kier alpha value is -0.390. The minimum Gasteiger partial charge on any atom is -0.306 e. The molecule has 0 saturated heterocycles. The molecule has 2 atom stereocenters. The van der Waals surface area contributed by atoms with Gasteiger partial charge in [0.05, 0.1) is 5.75 Å². The maximum atomic E-state index is 11.4. The second kappa shape index (κ2) is 5.80. The Morgan fingerprint density at radius 1 is 1.44 bits per heavy atom. The van der Waals surface area contributed by atoms with Crippen LogP contribution in [0, 0.1) is 0 Å². The smallest absolute Gasteiger partial charge is 0.151 e. The fourth-order valence-electron chi connectivity index (χ4n) is 1.59. The lowest BCUT2D eigenvalue weighted by Gasteiger charge is -2.18. The topological polar surface area (TPSA) is 46.2 Å². The second-order valence-corrected chi connectivity index (χ2v) is 7.38. The van der Waals surface area contributed by atoms with Crippen LogP contribution in [0.15, 0.2) is 17.5 Å². The summed E-state index contributed by atoms with van der Waals surface area (Å²) in [7, 11) is -2.89. The highest BCUT2D eigenvalue weighted by Gasteiger charge is 2.16. The van der Waals surface area contributed by atoms with E-state index in [1.165, 1.54) is 4.88 Å². The van der Waals surface area contributed by atoms with E-state index in [4.69, 9.17) is 0 Å². The third kappa shape index (κ3) is 4.23. The number of hydrogen-bond acceptors (Lipinski definition) is 4. The van der Waals surface area contributed by atoms with Gasteiger partial charge in [0.1, 0.15) is 0 Å². The van der Waals surface area contributed by atoms with Crippen LogP contribution in [0.5, 0.6) is 0 Å². The summed E-state index contributed by atoms with van der Waals surface area (Å²) in [6.45, 7) is 5.66. The van der Waals surface area contributed by atoms with E-state index in [-0.39, 0.29) is 23.6 Å². The maximum absolute atomic E-state index is 11.4. The van der Waals surface area contributed by atoms with Gasteiger partial charge >= 0.3 is 0 Å². The average molecular weight is 261 g/mol. The molecule has 0 aliphatic heterocycles. The minimum absolute atomic E-state index is 0.0120. The average Bonchev–Trinajstić information content (AvgIpc) is 2.69. The van der Waals surface area contributed by atoms with Crippen molar-refractivity contribution in [3.8, 4) is 0 Å². The zero-order chi connectivity index (χ0) is 12.2. The van der Waals surface area contributed by atoms with Gasteiger partial charge in [-0.1, -0.05) is 13.0 Å². The van der Waals surface area contributed by atoms with E-state index in [1.54, 1.807) is 18.3 Å². The summed E-state index contributed by atoms with van der Waals surface area (Å²) < 4.78 is 22.9. The first-order valence-corrected chi connectivity index (χ1v) is 8.14. The van der Waals surface area contributed by atoms with Crippen molar-refractivity contribution in [2.45, 2.75) is 32.9 Å². The normalized spacial score (nSPS) is 15.9. The summed E-state index contributed by atoms with van der Waals surface area (Å²) in [5.74, 6) is 0.422. The molecule has 1 unspecified atom stereocenters. The molecule has 1 N–H and O–H groups in total. The molecular weight excluding hydrogens is 242 g/mol. The number of sulfone groups is 1. The molecule has 0 aromatic carbocycles. The molecule has 3 nitrogen and oxygen atoms in total. The molecule has 0 radical (unpaired) electrons. The molecule has 0 amide bonds. The summed E-state index contributed by atoms with van der Waals surface area (Å²) in [5, 5.41) is 5.33. The first kappa shape index (κ1) is 13.7. The van der Waals surface area contributed by atoms with E-state index in [2.05, 4.69) is 18.3 Å². The van der Waals surface area contributed by atoms with E-state index < -0.39 is 9.84 Å². The van der Waals surface area contributed by atoms with E-state index in [0.717, 1.165) is 0 Å². The summed E-state index contributed by atoms with van der Waals surface area (Å²) in [6, 6.07) is 4.26. The number of nitrogens with one attached hydrogen (secondary N) is 1. The monoisotopic (exact) mass is 261 g/mol. The standard InChI is InChI=1S/C11H19NO2S2/c1-4-16(13,14)8-9(2)12-10(3)11-6-5-7-15-11/h5-7,9-10,12H,4,8H2,1-3H3/t9?,10-/m0/s1. The van der Waals surface area contributed by atoms with Gasteiger partial charge in [-0.3, -0.25) is 0 Å². The highest BCUT2D eigenvalue weighted by Crippen LogP contribution is 2.18. The molecule has 1 rings (SSSR count). The van der Waals surface area contributed by atoms with Crippen LogP contribution in [0.4, 0.5) is 0 Å². The van der Waals surface area contributed by atoms with Crippen molar-refractivity contribution in [1.29, 1.82) is 0 Å². The van der Waals surface area contributed by atoms with Crippen LogP contribution in [0.25, 0.3) is 0 Å². The van der Waals surface area contributed by atoms with Crippen molar-refractivity contribution in [2.75, 3.05) is 11.5 Å². The highest BCUT2D eigenvalue weighted by atomic mass is 32.2. The Kier molecular flexibility index (Phi) is 4.95. The quantitative estimate of drug-likeness (QED) is 0.854. The van der Waals surface area contributed by atoms with Crippen molar-refractivity contribution in [3.63, 3.8) is 0 Å². The van der Waals surface area contributed by atoms with Crippen molar-refractivity contribution in [3.05, 3.63) is 22.4 Å². The van der Waals surface area contributed by atoms with Crippen LogP contribution in [-0.4, -0.2) is 26.0 Å². The van der Waals surface area contributed by atoms with Gasteiger partial charge in [0.15, 0.2) is 9.84 Å². The lowest BCUT2D eigenvalue weighted by Crippen LogP contribution is -2.35. The van der Waals surface area contributed by atoms with Gasteiger partial charge in [0, 0.05) is 22.7 Å². The first-order chi connectivity index (χ1) is 7.44. The van der Waals surface area contributed by atoms with E-state index >= 15 is 0 Å². The largest absolute Gasteiger partial charge is 0.306 e. The molecule has 1 aromatic rings. The Morgan fingerprint density at radius 2 is 2.12 bits per heavy atom. The van der Waals surface area contributed by atoms with Crippen molar-refractivity contribution < 1.29 is 8.42 Å². The predicted octanol–water partition coefficient (Wildman–Crippen LogP) is 2.22. The Morgan fingerprint density at radius 3 is 2.62 bits per heavy atom. The number of thiophene rings is 1. The second-order valence-electron chi connectivity index (χ2n) is 4.00. The molecule has 1 heterocycles. The Balaban J connectivity index is 2.49. The molecule has 0 fully saturated rings.